The molecule has 0 bridgehead atoms. The van der Waals surface area contributed by atoms with Gasteiger partial charge in [0.2, 0.25) is 11.9 Å². The van der Waals surface area contributed by atoms with Gasteiger partial charge in [-0.1, -0.05) is 6.58 Å². The first kappa shape index (κ1) is 28.8. The Kier molecular flexibility index (Phi) is 8.11. The number of nitrogens with one attached hydrogen (secondary N) is 1. The molecule has 1 N–H and O–H groups in total. The van der Waals surface area contributed by atoms with Crippen molar-refractivity contribution in [3.05, 3.63) is 54.5 Å². The molecule has 1 amide bonds. The number of carbonyl (C=O) groups is 1. The van der Waals surface area contributed by atoms with Gasteiger partial charge >= 0.3 is 0 Å². The van der Waals surface area contributed by atoms with E-state index in [0.29, 0.717) is 48.1 Å². The summed E-state index contributed by atoms with van der Waals surface area (Å²) >= 11 is 0. The zero-order chi connectivity index (χ0) is 30.1. The van der Waals surface area contributed by atoms with Crippen LogP contribution in [0.4, 0.5) is 14.7 Å². The highest BCUT2D eigenvalue weighted by molar-refractivity contribution is 5.91. The van der Waals surface area contributed by atoms with Gasteiger partial charge in [0, 0.05) is 62.1 Å². The maximum Gasteiger partial charge on any atom is 0.246 e. The molecule has 1 aliphatic heterocycles. The van der Waals surface area contributed by atoms with E-state index in [1.54, 1.807) is 21.6 Å². The Balaban J connectivity index is 1.34. The molecule has 10 nitrogen and oxygen atoms in total. The van der Waals surface area contributed by atoms with E-state index in [4.69, 9.17) is 19.4 Å². The highest BCUT2D eigenvalue weighted by Crippen LogP contribution is 2.40. The van der Waals surface area contributed by atoms with Crippen LogP contribution in [-0.2, 0) is 11.2 Å². The Hall–Kier alpha value is -4.32. The maximum atomic E-state index is 15.7. The van der Waals surface area contributed by atoms with Gasteiger partial charge in [0.05, 0.1) is 25.5 Å². The van der Waals surface area contributed by atoms with Crippen molar-refractivity contribution in [2.24, 2.45) is 5.92 Å². The molecule has 0 unspecified atom stereocenters. The van der Waals surface area contributed by atoms with Crippen LogP contribution in [0, 0.1) is 17.6 Å². The second kappa shape index (κ2) is 12.1. The lowest BCUT2D eigenvalue weighted by atomic mass is 10.0. The van der Waals surface area contributed by atoms with Crippen LogP contribution in [0.2, 0.25) is 0 Å². The van der Waals surface area contributed by atoms with Gasteiger partial charge in [-0.3, -0.25) is 14.1 Å². The van der Waals surface area contributed by atoms with Crippen molar-refractivity contribution >= 4 is 28.5 Å². The van der Waals surface area contributed by atoms with Crippen molar-refractivity contribution < 1.29 is 23.0 Å². The number of aryl methyl sites for hydroxylation is 1. The van der Waals surface area contributed by atoms with Crippen LogP contribution in [0.3, 0.4) is 0 Å². The minimum absolute atomic E-state index is 0.0383. The molecule has 1 saturated carbocycles. The van der Waals surface area contributed by atoms with E-state index in [9.17, 15) is 4.79 Å². The van der Waals surface area contributed by atoms with E-state index < -0.39 is 11.6 Å². The molecule has 1 aliphatic carbocycles. The normalized spacial score (nSPS) is 15.7. The molecule has 0 atom stereocenters. The fourth-order valence-corrected chi connectivity index (χ4v) is 5.55. The van der Waals surface area contributed by atoms with Crippen molar-refractivity contribution in [1.29, 1.82) is 0 Å². The number of nitrogens with zero attached hydrogens (tertiary/aromatic N) is 6. The van der Waals surface area contributed by atoms with Crippen LogP contribution in [0.25, 0.3) is 27.8 Å². The van der Waals surface area contributed by atoms with Crippen LogP contribution >= 0.6 is 0 Å². The maximum absolute atomic E-state index is 15.7. The van der Waals surface area contributed by atoms with Crippen LogP contribution in [-0.4, -0.2) is 88.5 Å². The average molecular weight is 592 g/mol. The molecule has 0 radical (unpaired) electrons. The number of hydrogen-bond donors (Lipinski definition) is 1. The van der Waals surface area contributed by atoms with E-state index in [1.165, 1.54) is 39.2 Å². The highest BCUT2D eigenvalue weighted by atomic mass is 19.1. The summed E-state index contributed by atoms with van der Waals surface area (Å²) in [6.45, 7) is 8.15. The van der Waals surface area contributed by atoms with E-state index in [2.05, 4.69) is 21.8 Å². The first-order chi connectivity index (χ1) is 20.9. The molecule has 0 spiro atoms. The van der Waals surface area contributed by atoms with E-state index in [1.807, 2.05) is 6.20 Å². The number of methoxy groups -OCH3 is 2. The molecule has 1 saturated heterocycles. The van der Waals surface area contributed by atoms with Crippen LogP contribution < -0.4 is 14.8 Å². The summed E-state index contributed by atoms with van der Waals surface area (Å²) in [6.07, 6.45) is 8.76. The van der Waals surface area contributed by atoms with Crippen molar-refractivity contribution in [2.75, 3.05) is 58.8 Å². The minimum atomic E-state index is -0.843. The van der Waals surface area contributed by atoms with E-state index >= 15 is 8.78 Å². The number of carbonyl (C=O) groups excluding carboxylic acids is 1. The van der Waals surface area contributed by atoms with Crippen LogP contribution in [0.1, 0.15) is 25.0 Å². The smallest absolute Gasteiger partial charge is 0.246 e. The molecule has 2 fully saturated rings. The number of benzene rings is 1. The number of halogens is 2. The van der Waals surface area contributed by atoms with Gasteiger partial charge in [0.1, 0.15) is 5.65 Å². The number of imidazole rings is 1. The monoisotopic (exact) mass is 591 g/mol. The first-order valence-corrected chi connectivity index (χ1v) is 14.6. The number of piperazine rings is 1. The van der Waals surface area contributed by atoms with Gasteiger partial charge < -0.3 is 19.7 Å². The van der Waals surface area contributed by atoms with Crippen molar-refractivity contribution in [3.8, 4) is 22.6 Å². The largest absolute Gasteiger partial charge is 0.494 e. The molecule has 4 heterocycles. The summed E-state index contributed by atoms with van der Waals surface area (Å²) in [4.78, 5) is 30.1. The standard InChI is InChI=1S/C31H35F2N7O3/c1-4-25(41)39-12-10-38(11-13-39)9-5-6-21-18-40-29-20(17-35-31(37-29)34-16-19-7-8-19)14-22(30(40)36-21)26-27(32)23(42-2)15-24(43-3)28(26)33/h4,14-15,17-19H,1,5-13,16H2,2-3H3,(H,34,35,37). The number of rotatable bonds is 11. The number of pyridine rings is 1. The SMILES string of the molecule is C=CC(=O)N1CCN(CCCc2cn3c(n2)c(-c2c(F)c(OC)cc(OC)c2F)cc2cnc(NCC4CC4)nc23)CC1. The summed E-state index contributed by atoms with van der Waals surface area (Å²) in [5.74, 6) is -0.857. The van der Waals surface area contributed by atoms with Gasteiger partial charge in [-0.25, -0.2) is 18.7 Å². The van der Waals surface area contributed by atoms with Gasteiger partial charge in [0.25, 0.3) is 0 Å². The Bertz CT molecular complexity index is 1650. The lowest BCUT2D eigenvalue weighted by molar-refractivity contribution is -0.127. The van der Waals surface area contributed by atoms with Gasteiger partial charge in [-0.2, -0.15) is 4.98 Å². The third-order valence-electron chi connectivity index (χ3n) is 8.18. The Morgan fingerprint density at radius 1 is 1.07 bits per heavy atom. The Labute approximate surface area is 248 Å². The lowest BCUT2D eigenvalue weighted by Crippen LogP contribution is -2.48. The molecule has 12 heteroatoms. The molecular formula is C31H35F2N7O3. The van der Waals surface area contributed by atoms with Crippen LogP contribution in [0.5, 0.6) is 11.5 Å². The molecular weight excluding hydrogens is 556 g/mol. The Morgan fingerprint density at radius 2 is 1.79 bits per heavy atom. The third-order valence-corrected chi connectivity index (χ3v) is 8.18. The summed E-state index contributed by atoms with van der Waals surface area (Å²) in [5.41, 5.74) is 1.69. The summed E-state index contributed by atoms with van der Waals surface area (Å²) in [7, 11) is 2.65. The number of amides is 1. The fraction of sp³-hybridized carbons (Fsp3) is 0.419. The average Bonchev–Trinajstić information content (AvgIpc) is 3.76. The number of anilines is 1. The van der Waals surface area contributed by atoms with Crippen molar-refractivity contribution in [2.45, 2.75) is 25.7 Å². The van der Waals surface area contributed by atoms with E-state index in [-0.39, 0.29) is 28.5 Å². The Morgan fingerprint density at radius 3 is 2.44 bits per heavy atom. The summed E-state index contributed by atoms with van der Waals surface area (Å²) in [6, 6.07) is 2.86. The number of ether oxygens (including phenoxy) is 2. The molecule has 4 aromatic rings. The first-order valence-electron chi connectivity index (χ1n) is 14.6. The lowest BCUT2D eigenvalue weighted by Gasteiger charge is -2.34. The van der Waals surface area contributed by atoms with Gasteiger partial charge in [-0.15, -0.1) is 0 Å². The second-order valence-electron chi connectivity index (χ2n) is 11.0. The number of fused-ring (bicyclic) bond motifs is 3. The van der Waals surface area contributed by atoms with Crippen molar-refractivity contribution in [1.82, 2.24) is 29.2 Å². The van der Waals surface area contributed by atoms with Crippen LogP contribution in [0.15, 0.2) is 37.2 Å². The molecule has 3 aromatic heterocycles. The zero-order valence-corrected chi connectivity index (χ0v) is 24.4. The number of aromatic nitrogens is 4. The van der Waals surface area contributed by atoms with E-state index in [0.717, 1.165) is 38.3 Å². The third kappa shape index (κ3) is 5.83. The fourth-order valence-electron chi connectivity index (χ4n) is 5.55. The quantitative estimate of drug-likeness (QED) is 0.258. The number of hydrogen-bond acceptors (Lipinski definition) is 8. The molecule has 2 aliphatic rings. The second-order valence-corrected chi connectivity index (χ2v) is 11.0. The minimum Gasteiger partial charge on any atom is -0.494 e. The topological polar surface area (TPSA) is 97.1 Å². The van der Waals surface area contributed by atoms with Gasteiger partial charge in [-0.05, 0) is 50.3 Å². The summed E-state index contributed by atoms with van der Waals surface area (Å²) < 4.78 is 43.6. The predicted molar refractivity (Wildman–Crippen MR) is 159 cm³/mol. The highest BCUT2D eigenvalue weighted by Gasteiger charge is 2.26. The molecule has 226 valence electrons. The zero-order valence-electron chi connectivity index (χ0n) is 24.4. The molecule has 6 rings (SSSR count). The van der Waals surface area contributed by atoms with Crippen molar-refractivity contribution in [3.63, 3.8) is 0 Å². The predicted octanol–water partition coefficient (Wildman–Crippen LogP) is 4.32. The van der Waals surface area contributed by atoms with Gasteiger partial charge in [0.15, 0.2) is 28.8 Å². The summed E-state index contributed by atoms with van der Waals surface area (Å²) in [5, 5.41) is 3.91. The molecule has 43 heavy (non-hydrogen) atoms. The molecule has 1 aromatic carbocycles.